The number of rotatable bonds is 3. The molecule has 1 saturated heterocycles. The zero-order valence-electron chi connectivity index (χ0n) is 14.5. The standard InChI is InChI=1S/C17H20N4O4S/c1-10-3-4-13(22)12(9-10)15(23)19-20-16(24)14-11(2)18-17(26-14)21-5-7-25-8-6-21/h3-4,9,22H,5-8H2,1-2H3,(H,19,23)(H,20,24). The number of carbonyl (C=O) groups excluding carboxylic acids is 2. The first-order valence-corrected chi connectivity index (χ1v) is 8.98. The third kappa shape index (κ3) is 3.94. The van der Waals surface area contributed by atoms with Crippen molar-refractivity contribution in [3.8, 4) is 5.75 Å². The van der Waals surface area contributed by atoms with Crippen LogP contribution in [-0.4, -0.2) is 48.2 Å². The average Bonchev–Trinajstić information content (AvgIpc) is 3.04. The summed E-state index contributed by atoms with van der Waals surface area (Å²) in [5.74, 6) is -1.18. The lowest BCUT2D eigenvalue weighted by molar-refractivity contribution is 0.0846. The van der Waals surface area contributed by atoms with E-state index in [1.807, 2.05) is 6.92 Å². The number of benzene rings is 1. The maximum absolute atomic E-state index is 12.4. The quantitative estimate of drug-likeness (QED) is 0.699. The smallest absolute Gasteiger partial charge is 0.281 e. The van der Waals surface area contributed by atoms with Crippen molar-refractivity contribution in [3.63, 3.8) is 0 Å². The number of nitrogens with zero attached hydrogens (tertiary/aromatic N) is 2. The molecular formula is C17H20N4O4S. The van der Waals surface area contributed by atoms with Crippen LogP contribution in [0, 0.1) is 13.8 Å². The Morgan fingerprint density at radius 3 is 2.62 bits per heavy atom. The number of aromatic hydroxyl groups is 1. The summed E-state index contributed by atoms with van der Waals surface area (Å²) in [6.07, 6.45) is 0. The zero-order valence-corrected chi connectivity index (χ0v) is 15.4. The van der Waals surface area contributed by atoms with E-state index in [1.165, 1.54) is 17.4 Å². The molecule has 0 aliphatic carbocycles. The van der Waals surface area contributed by atoms with Gasteiger partial charge in [-0.05, 0) is 26.0 Å². The number of amides is 2. The Labute approximate surface area is 154 Å². The lowest BCUT2D eigenvalue weighted by Crippen LogP contribution is -2.41. The number of carbonyl (C=O) groups is 2. The molecular weight excluding hydrogens is 356 g/mol. The Balaban J connectivity index is 1.65. The van der Waals surface area contributed by atoms with Crippen molar-refractivity contribution in [1.82, 2.24) is 15.8 Å². The number of hydrogen-bond acceptors (Lipinski definition) is 7. The first-order valence-electron chi connectivity index (χ1n) is 8.16. The lowest BCUT2D eigenvalue weighted by atomic mass is 10.1. The van der Waals surface area contributed by atoms with Crippen molar-refractivity contribution in [2.75, 3.05) is 31.2 Å². The molecule has 1 aliphatic heterocycles. The Kier molecular flexibility index (Phi) is 5.38. The van der Waals surface area contributed by atoms with Gasteiger partial charge in [-0.15, -0.1) is 0 Å². The summed E-state index contributed by atoms with van der Waals surface area (Å²) in [6, 6.07) is 4.68. The van der Waals surface area contributed by atoms with Crippen LogP contribution in [0.1, 0.15) is 31.3 Å². The number of hydrogen-bond donors (Lipinski definition) is 3. The fourth-order valence-electron chi connectivity index (χ4n) is 2.55. The Bertz CT molecular complexity index is 830. The van der Waals surface area contributed by atoms with Crippen molar-refractivity contribution in [2.45, 2.75) is 13.8 Å². The van der Waals surface area contributed by atoms with Gasteiger partial charge in [0.05, 0.1) is 24.5 Å². The highest BCUT2D eigenvalue weighted by molar-refractivity contribution is 7.17. The fourth-order valence-corrected chi connectivity index (χ4v) is 3.57. The van der Waals surface area contributed by atoms with Gasteiger partial charge in [-0.2, -0.15) is 0 Å². The maximum Gasteiger partial charge on any atom is 0.281 e. The van der Waals surface area contributed by atoms with Crippen molar-refractivity contribution in [1.29, 1.82) is 0 Å². The molecule has 1 aromatic heterocycles. The summed E-state index contributed by atoms with van der Waals surface area (Å²) in [4.78, 5) is 31.5. The predicted octanol–water partition coefficient (Wildman–Crippen LogP) is 1.38. The van der Waals surface area contributed by atoms with Crippen LogP contribution in [-0.2, 0) is 4.74 Å². The summed E-state index contributed by atoms with van der Waals surface area (Å²) in [6.45, 7) is 6.30. The number of phenolic OH excluding ortho intramolecular Hbond substituents is 1. The number of morpholine rings is 1. The van der Waals surface area contributed by atoms with E-state index in [2.05, 4.69) is 20.7 Å². The second-order valence-electron chi connectivity index (χ2n) is 5.94. The third-order valence-corrected chi connectivity index (χ3v) is 5.18. The molecule has 2 aromatic rings. The van der Waals surface area contributed by atoms with Crippen LogP contribution in [0.4, 0.5) is 5.13 Å². The molecule has 1 aromatic carbocycles. The van der Waals surface area contributed by atoms with E-state index in [1.54, 1.807) is 19.1 Å². The van der Waals surface area contributed by atoms with Gasteiger partial charge in [-0.1, -0.05) is 23.0 Å². The van der Waals surface area contributed by atoms with Crippen LogP contribution in [0.15, 0.2) is 18.2 Å². The Morgan fingerprint density at radius 1 is 1.19 bits per heavy atom. The van der Waals surface area contributed by atoms with E-state index in [4.69, 9.17) is 4.74 Å². The van der Waals surface area contributed by atoms with E-state index >= 15 is 0 Å². The number of phenols is 1. The van der Waals surface area contributed by atoms with E-state index in [0.717, 1.165) is 23.8 Å². The minimum Gasteiger partial charge on any atom is -0.507 e. The largest absolute Gasteiger partial charge is 0.507 e. The Hall–Kier alpha value is -2.65. The first-order chi connectivity index (χ1) is 12.5. The minimum absolute atomic E-state index is 0.0975. The summed E-state index contributed by atoms with van der Waals surface area (Å²) in [5.41, 5.74) is 6.23. The highest BCUT2D eigenvalue weighted by Crippen LogP contribution is 2.26. The molecule has 0 unspecified atom stereocenters. The number of hydrazine groups is 1. The van der Waals surface area contributed by atoms with Gasteiger partial charge in [0, 0.05) is 13.1 Å². The van der Waals surface area contributed by atoms with E-state index in [-0.39, 0.29) is 11.3 Å². The molecule has 0 atom stereocenters. The maximum atomic E-state index is 12.4. The molecule has 26 heavy (non-hydrogen) atoms. The molecule has 8 nitrogen and oxygen atoms in total. The van der Waals surface area contributed by atoms with Crippen LogP contribution < -0.4 is 15.8 Å². The van der Waals surface area contributed by atoms with Gasteiger partial charge < -0.3 is 14.7 Å². The second-order valence-corrected chi connectivity index (χ2v) is 6.92. The van der Waals surface area contributed by atoms with Crippen LogP contribution in [0.5, 0.6) is 5.75 Å². The molecule has 9 heteroatoms. The van der Waals surface area contributed by atoms with Gasteiger partial charge >= 0.3 is 0 Å². The van der Waals surface area contributed by atoms with Crippen molar-refractivity contribution in [2.24, 2.45) is 0 Å². The number of aryl methyl sites for hydroxylation is 2. The van der Waals surface area contributed by atoms with Gasteiger partial charge in [0.1, 0.15) is 10.6 Å². The monoisotopic (exact) mass is 376 g/mol. The second kappa shape index (κ2) is 7.71. The molecule has 138 valence electrons. The summed E-state index contributed by atoms with van der Waals surface area (Å²) >= 11 is 1.27. The van der Waals surface area contributed by atoms with Crippen molar-refractivity contribution < 1.29 is 19.4 Å². The Morgan fingerprint density at radius 2 is 1.88 bits per heavy atom. The van der Waals surface area contributed by atoms with E-state index in [0.29, 0.717) is 23.8 Å². The lowest BCUT2D eigenvalue weighted by Gasteiger charge is -2.25. The van der Waals surface area contributed by atoms with Crippen LogP contribution >= 0.6 is 11.3 Å². The molecule has 3 rings (SSSR count). The van der Waals surface area contributed by atoms with Crippen LogP contribution in [0.3, 0.4) is 0 Å². The summed E-state index contributed by atoms with van der Waals surface area (Å²) < 4.78 is 5.32. The molecule has 0 saturated carbocycles. The molecule has 2 amide bonds. The van der Waals surface area contributed by atoms with Crippen molar-refractivity contribution in [3.05, 3.63) is 39.9 Å². The fraction of sp³-hybridized carbons (Fsp3) is 0.353. The van der Waals surface area contributed by atoms with Gasteiger partial charge in [0.2, 0.25) is 0 Å². The molecule has 1 aliphatic rings. The molecule has 2 heterocycles. The summed E-state index contributed by atoms with van der Waals surface area (Å²) in [5, 5.41) is 10.5. The van der Waals surface area contributed by atoms with Crippen LogP contribution in [0.2, 0.25) is 0 Å². The van der Waals surface area contributed by atoms with Gasteiger partial charge in [0.25, 0.3) is 11.8 Å². The third-order valence-electron chi connectivity index (χ3n) is 3.96. The number of anilines is 1. The number of ether oxygens (including phenoxy) is 1. The minimum atomic E-state index is -0.588. The normalized spacial score (nSPS) is 14.2. The summed E-state index contributed by atoms with van der Waals surface area (Å²) in [7, 11) is 0. The van der Waals surface area contributed by atoms with E-state index < -0.39 is 11.8 Å². The molecule has 0 radical (unpaired) electrons. The topological polar surface area (TPSA) is 104 Å². The van der Waals surface area contributed by atoms with Crippen molar-refractivity contribution >= 4 is 28.3 Å². The van der Waals surface area contributed by atoms with Gasteiger partial charge in [-0.25, -0.2) is 4.98 Å². The van der Waals surface area contributed by atoms with Gasteiger partial charge in [0.15, 0.2) is 5.13 Å². The number of thiazole rings is 1. The van der Waals surface area contributed by atoms with Gasteiger partial charge in [-0.3, -0.25) is 20.4 Å². The molecule has 1 fully saturated rings. The zero-order chi connectivity index (χ0) is 18.7. The number of nitrogens with one attached hydrogen (secondary N) is 2. The SMILES string of the molecule is Cc1ccc(O)c(C(=O)NNC(=O)c2sc(N3CCOCC3)nc2C)c1. The highest BCUT2D eigenvalue weighted by atomic mass is 32.1. The molecule has 0 spiro atoms. The van der Waals surface area contributed by atoms with Crippen LogP contribution in [0.25, 0.3) is 0 Å². The number of aromatic nitrogens is 1. The predicted molar refractivity (Wildman–Crippen MR) is 97.7 cm³/mol. The first kappa shape index (κ1) is 18.2. The molecule has 3 N–H and O–H groups in total. The van der Waals surface area contributed by atoms with E-state index in [9.17, 15) is 14.7 Å². The highest BCUT2D eigenvalue weighted by Gasteiger charge is 2.21. The molecule has 0 bridgehead atoms. The average molecular weight is 376 g/mol.